The van der Waals surface area contributed by atoms with Crippen molar-refractivity contribution in [3.05, 3.63) is 34.9 Å². The molecule has 0 spiro atoms. The van der Waals surface area contributed by atoms with Crippen LogP contribution in [0.3, 0.4) is 0 Å². The van der Waals surface area contributed by atoms with Gasteiger partial charge in [0.15, 0.2) is 5.54 Å². The first-order chi connectivity index (χ1) is 8.87. The lowest BCUT2D eigenvalue weighted by Gasteiger charge is -2.35. The van der Waals surface area contributed by atoms with E-state index < -0.39 is 11.5 Å². The Morgan fingerprint density at radius 1 is 1.37 bits per heavy atom. The monoisotopic (exact) mass is 263 g/mol. The molecule has 0 aromatic heterocycles. The highest BCUT2D eigenvalue weighted by molar-refractivity contribution is 5.83. The molecule has 0 aliphatic carbocycles. The van der Waals surface area contributed by atoms with Crippen molar-refractivity contribution < 1.29 is 14.7 Å². The molecule has 0 bridgehead atoms. The van der Waals surface area contributed by atoms with E-state index in [1.165, 1.54) is 4.90 Å². The molecular formula is C15H21NO3. The van der Waals surface area contributed by atoms with Gasteiger partial charge in [0.05, 0.1) is 0 Å². The first-order valence-corrected chi connectivity index (χ1v) is 6.41. The van der Waals surface area contributed by atoms with Gasteiger partial charge >= 0.3 is 5.97 Å². The third kappa shape index (κ3) is 2.78. The number of hydrogen-bond acceptors (Lipinski definition) is 2. The highest BCUT2D eigenvalue weighted by Crippen LogP contribution is 2.29. The minimum atomic E-state index is -1.32. The predicted molar refractivity (Wildman–Crippen MR) is 74.0 cm³/mol. The summed E-state index contributed by atoms with van der Waals surface area (Å²) in [7, 11) is 0. The van der Waals surface area contributed by atoms with Crippen molar-refractivity contribution in [2.75, 3.05) is 6.54 Å². The molecule has 4 nitrogen and oxygen atoms in total. The van der Waals surface area contributed by atoms with E-state index in [1.54, 1.807) is 13.0 Å². The number of carboxylic acids is 1. The van der Waals surface area contributed by atoms with Crippen LogP contribution in [-0.2, 0) is 15.1 Å². The summed E-state index contributed by atoms with van der Waals surface area (Å²) < 4.78 is 0. The van der Waals surface area contributed by atoms with Crippen molar-refractivity contribution in [3.63, 3.8) is 0 Å². The number of carbonyl (C=O) groups excluding carboxylic acids is 1. The normalized spacial score (nSPS) is 13.7. The Morgan fingerprint density at radius 2 is 2.00 bits per heavy atom. The van der Waals surface area contributed by atoms with Gasteiger partial charge in [-0.2, -0.15) is 0 Å². The first-order valence-electron chi connectivity index (χ1n) is 6.41. The Hall–Kier alpha value is -1.84. The van der Waals surface area contributed by atoms with Gasteiger partial charge in [0, 0.05) is 6.54 Å². The zero-order valence-electron chi connectivity index (χ0n) is 11.9. The second kappa shape index (κ2) is 5.87. The molecule has 1 N–H and O–H groups in total. The number of carboxylic acid groups (broad SMARTS) is 1. The van der Waals surface area contributed by atoms with Crippen LogP contribution in [-0.4, -0.2) is 28.9 Å². The Labute approximate surface area is 114 Å². The van der Waals surface area contributed by atoms with E-state index in [9.17, 15) is 14.7 Å². The maximum absolute atomic E-state index is 11.7. The van der Waals surface area contributed by atoms with Crippen molar-refractivity contribution in [1.29, 1.82) is 0 Å². The van der Waals surface area contributed by atoms with E-state index in [4.69, 9.17) is 0 Å². The largest absolute Gasteiger partial charge is 0.479 e. The number of amides is 1. The average molecular weight is 263 g/mol. The smallest absolute Gasteiger partial charge is 0.334 e. The quantitative estimate of drug-likeness (QED) is 0.802. The molecule has 104 valence electrons. The van der Waals surface area contributed by atoms with Gasteiger partial charge in [-0.05, 0) is 43.9 Å². The summed E-state index contributed by atoms with van der Waals surface area (Å²) in [5.41, 5.74) is 1.43. The summed E-state index contributed by atoms with van der Waals surface area (Å²) in [5, 5.41) is 9.57. The lowest BCUT2D eigenvalue weighted by Crippen LogP contribution is -2.49. The Balaban J connectivity index is 3.35. The molecule has 1 unspecified atom stereocenters. The van der Waals surface area contributed by atoms with Gasteiger partial charge in [-0.3, -0.25) is 4.79 Å². The van der Waals surface area contributed by atoms with Crippen LogP contribution in [0.5, 0.6) is 0 Å². The van der Waals surface area contributed by atoms with E-state index in [1.807, 2.05) is 32.9 Å². The lowest BCUT2D eigenvalue weighted by molar-refractivity contribution is -0.154. The van der Waals surface area contributed by atoms with E-state index in [2.05, 4.69) is 0 Å². The van der Waals surface area contributed by atoms with Gasteiger partial charge < -0.3 is 10.0 Å². The molecule has 0 aliphatic heterocycles. The van der Waals surface area contributed by atoms with Crippen molar-refractivity contribution >= 4 is 12.4 Å². The third-order valence-corrected chi connectivity index (χ3v) is 3.65. The van der Waals surface area contributed by atoms with Gasteiger partial charge in [0.1, 0.15) is 0 Å². The maximum atomic E-state index is 11.7. The highest BCUT2D eigenvalue weighted by atomic mass is 16.4. The molecule has 1 atom stereocenters. The zero-order chi connectivity index (χ0) is 14.6. The van der Waals surface area contributed by atoms with Crippen LogP contribution in [0.15, 0.2) is 18.2 Å². The van der Waals surface area contributed by atoms with Crippen molar-refractivity contribution in [3.8, 4) is 0 Å². The van der Waals surface area contributed by atoms with E-state index in [-0.39, 0.29) is 0 Å². The van der Waals surface area contributed by atoms with E-state index in [0.717, 1.165) is 11.1 Å². The Morgan fingerprint density at radius 3 is 2.42 bits per heavy atom. The number of aliphatic carboxylic acids is 1. The fraction of sp³-hybridized carbons (Fsp3) is 0.467. The van der Waals surface area contributed by atoms with Gasteiger partial charge in [-0.25, -0.2) is 4.79 Å². The predicted octanol–water partition coefficient (Wildman–Crippen LogP) is 2.47. The number of benzene rings is 1. The van der Waals surface area contributed by atoms with Gasteiger partial charge in [-0.1, -0.05) is 25.1 Å². The van der Waals surface area contributed by atoms with Crippen molar-refractivity contribution in [2.24, 2.45) is 0 Å². The molecule has 1 aromatic rings. The molecule has 0 radical (unpaired) electrons. The maximum Gasteiger partial charge on any atom is 0.334 e. The molecule has 0 saturated carbocycles. The minimum Gasteiger partial charge on any atom is -0.479 e. The van der Waals surface area contributed by atoms with Gasteiger partial charge in [0.2, 0.25) is 6.41 Å². The Kier molecular flexibility index (Phi) is 4.70. The molecule has 1 amide bonds. The molecule has 4 heteroatoms. The number of nitrogens with zero attached hydrogens (tertiary/aromatic N) is 1. The average Bonchev–Trinajstić information content (AvgIpc) is 2.38. The molecule has 19 heavy (non-hydrogen) atoms. The molecule has 1 aromatic carbocycles. The van der Waals surface area contributed by atoms with Crippen molar-refractivity contribution in [2.45, 2.75) is 39.7 Å². The van der Waals surface area contributed by atoms with Crippen LogP contribution < -0.4 is 0 Å². The molecule has 0 aliphatic rings. The summed E-state index contributed by atoms with van der Waals surface area (Å²) in [6, 6.07) is 5.51. The summed E-state index contributed by atoms with van der Waals surface area (Å²) in [6.07, 6.45) is 1.33. The molecule has 1 rings (SSSR count). The van der Waals surface area contributed by atoms with Crippen LogP contribution in [0.25, 0.3) is 0 Å². The SMILES string of the molecule is CCCN(C=O)C(C)(C(=O)O)c1ccc(C)c(C)c1. The minimum absolute atomic E-state index is 0.416. The topological polar surface area (TPSA) is 57.6 Å². The number of aryl methyl sites for hydroxylation is 2. The van der Waals surface area contributed by atoms with Crippen LogP contribution >= 0.6 is 0 Å². The summed E-state index contributed by atoms with van der Waals surface area (Å²) in [5.74, 6) is -1.02. The second-order valence-electron chi connectivity index (χ2n) is 4.98. The lowest BCUT2D eigenvalue weighted by atomic mass is 9.88. The van der Waals surface area contributed by atoms with Gasteiger partial charge in [-0.15, -0.1) is 0 Å². The molecule has 0 heterocycles. The number of hydrogen-bond donors (Lipinski definition) is 1. The fourth-order valence-electron chi connectivity index (χ4n) is 2.08. The first kappa shape index (κ1) is 15.2. The zero-order valence-corrected chi connectivity index (χ0v) is 11.9. The standard InChI is InChI=1S/C15H21NO3/c1-5-8-16(10-17)15(4,14(18)19)13-7-6-11(2)12(3)9-13/h6-7,9-10H,5,8H2,1-4H3,(H,18,19). The Bertz CT molecular complexity index is 484. The van der Waals surface area contributed by atoms with E-state index in [0.29, 0.717) is 24.9 Å². The van der Waals surface area contributed by atoms with Crippen LogP contribution in [0.4, 0.5) is 0 Å². The summed E-state index contributed by atoms with van der Waals surface area (Å²) in [6.45, 7) is 7.81. The fourth-order valence-corrected chi connectivity index (χ4v) is 2.08. The highest BCUT2D eigenvalue weighted by Gasteiger charge is 2.40. The van der Waals surface area contributed by atoms with Gasteiger partial charge in [0.25, 0.3) is 0 Å². The third-order valence-electron chi connectivity index (χ3n) is 3.65. The van der Waals surface area contributed by atoms with Crippen LogP contribution in [0, 0.1) is 13.8 Å². The second-order valence-corrected chi connectivity index (χ2v) is 4.98. The molecule has 0 saturated heterocycles. The number of carbonyl (C=O) groups is 2. The summed E-state index contributed by atoms with van der Waals surface area (Å²) >= 11 is 0. The summed E-state index contributed by atoms with van der Waals surface area (Å²) in [4.78, 5) is 24.3. The van der Waals surface area contributed by atoms with Crippen LogP contribution in [0.2, 0.25) is 0 Å². The molecule has 0 fully saturated rings. The van der Waals surface area contributed by atoms with E-state index >= 15 is 0 Å². The van der Waals surface area contributed by atoms with Crippen molar-refractivity contribution in [1.82, 2.24) is 4.90 Å². The van der Waals surface area contributed by atoms with Crippen LogP contribution in [0.1, 0.15) is 37.0 Å². The number of rotatable bonds is 6. The molecular weight excluding hydrogens is 242 g/mol.